The molecule has 1 saturated carbocycles. The molecule has 3 unspecified atom stereocenters. The Labute approximate surface area is 145 Å². The Morgan fingerprint density at radius 1 is 1.21 bits per heavy atom. The summed E-state index contributed by atoms with van der Waals surface area (Å²) in [7, 11) is -3.53. The molecule has 0 aromatic heterocycles. The van der Waals surface area contributed by atoms with Crippen molar-refractivity contribution in [2.24, 2.45) is 5.92 Å². The zero-order valence-corrected chi connectivity index (χ0v) is 15.5. The summed E-state index contributed by atoms with van der Waals surface area (Å²) in [5.41, 5.74) is 0.496. The van der Waals surface area contributed by atoms with Gasteiger partial charge in [0.1, 0.15) is 0 Å². The second kappa shape index (κ2) is 8.12. The quantitative estimate of drug-likeness (QED) is 0.826. The highest BCUT2D eigenvalue weighted by Crippen LogP contribution is 2.24. The van der Waals surface area contributed by atoms with Crippen LogP contribution in [-0.4, -0.2) is 26.4 Å². The average molecular weight is 353 g/mol. The standard InChI is InChI=1S/C18H28N2O3S/c1-4-14(3)20-24(22,23)16-11-9-15(10-12-16)18(21)19-17-8-6-5-7-13(17)2/h9-14,17,20H,4-8H2,1-3H3,(H,19,21). The number of carbonyl (C=O) groups is 1. The molecule has 0 aliphatic heterocycles. The Morgan fingerprint density at radius 2 is 1.83 bits per heavy atom. The molecule has 0 bridgehead atoms. The summed E-state index contributed by atoms with van der Waals surface area (Å²) in [6, 6.07) is 6.23. The minimum atomic E-state index is -3.53. The van der Waals surface area contributed by atoms with Gasteiger partial charge in [0.15, 0.2) is 0 Å². The molecule has 2 rings (SSSR count). The largest absolute Gasteiger partial charge is 0.349 e. The summed E-state index contributed by atoms with van der Waals surface area (Å²) in [6.07, 6.45) is 5.25. The minimum Gasteiger partial charge on any atom is -0.349 e. The SMILES string of the molecule is CCC(C)NS(=O)(=O)c1ccc(C(=O)NC2CCCCC2C)cc1. The van der Waals surface area contributed by atoms with Crippen molar-refractivity contribution in [2.75, 3.05) is 0 Å². The lowest BCUT2D eigenvalue weighted by molar-refractivity contribution is 0.0910. The van der Waals surface area contributed by atoms with E-state index in [0.29, 0.717) is 11.5 Å². The summed E-state index contributed by atoms with van der Waals surface area (Å²) < 4.78 is 27.1. The van der Waals surface area contributed by atoms with Crippen LogP contribution in [0.4, 0.5) is 0 Å². The van der Waals surface area contributed by atoms with Gasteiger partial charge in [-0.25, -0.2) is 13.1 Å². The number of rotatable bonds is 6. The van der Waals surface area contributed by atoms with E-state index in [1.54, 1.807) is 12.1 Å². The van der Waals surface area contributed by atoms with Crippen LogP contribution in [0.1, 0.15) is 63.2 Å². The molecule has 1 fully saturated rings. The first kappa shape index (κ1) is 18.9. The van der Waals surface area contributed by atoms with Crippen molar-refractivity contribution in [1.82, 2.24) is 10.0 Å². The second-order valence-corrected chi connectivity index (χ2v) is 8.51. The van der Waals surface area contributed by atoms with E-state index >= 15 is 0 Å². The van der Waals surface area contributed by atoms with Gasteiger partial charge in [0.25, 0.3) is 5.91 Å². The molecule has 1 aromatic rings. The van der Waals surface area contributed by atoms with E-state index < -0.39 is 10.0 Å². The van der Waals surface area contributed by atoms with Gasteiger partial charge in [-0.15, -0.1) is 0 Å². The monoisotopic (exact) mass is 352 g/mol. The lowest BCUT2D eigenvalue weighted by atomic mass is 9.86. The molecular formula is C18H28N2O3S. The third-order valence-electron chi connectivity index (χ3n) is 4.82. The van der Waals surface area contributed by atoms with Crippen molar-refractivity contribution in [2.45, 2.75) is 69.9 Å². The minimum absolute atomic E-state index is 0.120. The Bertz CT molecular complexity index is 655. The number of hydrogen-bond acceptors (Lipinski definition) is 3. The number of nitrogens with one attached hydrogen (secondary N) is 2. The smallest absolute Gasteiger partial charge is 0.251 e. The number of sulfonamides is 1. The van der Waals surface area contributed by atoms with E-state index in [1.165, 1.54) is 18.6 Å². The highest BCUT2D eigenvalue weighted by molar-refractivity contribution is 7.89. The summed E-state index contributed by atoms with van der Waals surface area (Å²) >= 11 is 0. The maximum atomic E-state index is 12.4. The number of hydrogen-bond donors (Lipinski definition) is 2. The molecule has 5 nitrogen and oxygen atoms in total. The highest BCUT2D eigenvalue weighted by atomic mass is 32.2. The molecule has 6 heteroatoms. The molecule has 1 aliphatic carbocycles. The van der Waals surface area contributed by atoms with Crippen LogP contribution in [0.25, 0.3) is 0 Å². The molecule has 24 heavy (non-hydrogen) atoms. The fourth-order valence-corrected chi connectivity index (χ4v) is 4.31. The van der Waals surface area contributed by atoms with Gasteiger partial charge < -0.3 is 5.32 Å². The Hall–Kier alpha value is -1.40. The van der Waals surface area contributed by atoms with Crippen molar-refractivity contribution < 1.29 is 13.2 Å². The van der Waals surface area contributed by atoms with E-state index in [0.717, 1.165) is 25.7 Å². The number of amides is 1. The van der Waals surface area contributed by atoms with E-state index in [2.05, 4.69) is 17.0 Å². The van der Waals surface area contributed by atoms with Crippen LogP contribution in [-0.2, 0) is 10.0 Å². The van der Waals surface area contributed by atoms with Crippen LogP contribution < -0.4 is 10.0 Å². The van der Waals surface area contributed by atoms with Crippen LogP contribution in [0.15, 0.2) is 29.2 Å². The molecule has 1 aromatic carbocycles. The first-order valence-electron chi connectivity index (χ1n) is 8.76. The molecule has 3 atom stereocenters. The molecule has 0 heterocycles. The predicted octanol–water partition coefficient (Wildman–Crippen LogP) is 3.07. The summed E-state index contributed by atoms with van der Waals surface area (Å²) in [6.45, 7) is 5.91. The molecule has 0 spiro atoms. The molecule has 0 saturated heterocycles. The number of carbonyl (C=O) groups excluding carboxylic acids is 1. The molecule has 1 aliphatic rings. The maximum absolute atomic E-state index is 12.4. The lowest BCUT2D eigenvalue weighted by Gasteiger charge is -2.29. The van der Waals surface area contributed by atoms with Gasteiger partial charge in [-0.05, 0) is 56.4 Å². The Balaban J connectivity index is 2.04. The van der Waals surface area contributed by atoms with Crippen LogP contribution in [0, 0.1) is 5.92 Å². The highest BCUT2D eigenvalue weighted by Gasteiger charge is 2.23. The van der Waals surface area contributed by atoms with E-state index in [-0.39, 0.29) is 22.9 Å². The average Bonchev–Trinajstić information content (AvgIpc) is 2.56. The Morgan fingerprint density at radius 3 is 2.42 bits per heavy atom. The third-order valence-corrected chi connectivity index (χ3v) is 6.43. The van der Waals surface area contributed by atoms with Crippen molar-refractivity contribution in [3.05, 3.63) is 29.8 Å². The Kier molecular flexibility index (Phi) is 6.40. The predicted molar refractivity (Wildman–Crippen MR) is 95.4 cm³/mol. The van der Waals surface area contributed by atoms with Gasteiger partial charge in [0.2, 0.25) is 10.0 Å². The van der Waals surface area contributed by atoms with Gasteiger partial charge in [0, 0.05) is 17.6 Å². The first-order chi connectivity index (χ1) is 11.3. The van der Waals surface area contributed by atoms with Gasteiger partial charge in [0.05, 0.1) is 4.90 Å². The van der Waals surface area contributed by atoms with Crippen molar-refractivity contribution in [3.63, 3.8) is 0 Å². The van der Waals surface area contributed by atoms with Crippen molar-refractivity contribution >= 4 is 15.9 Å². The summed E-state index contributed by atoms with van der Waals surface area (Å²) in [5.74, 6) is 0.356. The number of benzene rings is 1. The van der Waals surface area contributed by atoms with Crippen LogP contribution in [0.2, 0.25) is 0 Å². The van der Waals surface area contributed by atoms with Crippen LogP contribution >= 0.6 is 0 Å². The lowest BCUT2D eigenvalue weighted by Crippen LogP contribution is -2.41. The molecule has 0 radical (unpaired) electrons. The second-order valence-electron chi connectivity index (χ2n) is 6.80. The van der Waals surface area contributed by atoms with Crippen LogP contribution in [0.3, 0.4) is 0 Å². The normalized spacial score (nSPS) is 22.8. The van der Waals surface area contributed by atoms with Crippen LogP contribution in [0.5, 0.6) is 0 Å². The molecular weight excluding hydrogens is 324 g/mol. The van der Waals surface area contributed by atoms with Crippen molar-refractivity contribution in [3.8, 4) is 0 Å². The third kappa shape index (κ3) is 4.80. The van der Waals surface area contributed by atoms with Gasteiger partial charge in [-0.3, -0.25) is 4.79 Å². The molecule has 2 N–H and O–H groups in total. The fraction of sp³-hybridized carbons (Fsp3) is 0.611. The topological polar surface area (TPSA) is 75.3 Å². The summed E-state index contributed by atoms with van der Waals surface area (Å²) in [4.78, 5) is 12.6. The zero-order valence-electron chi connectivity index (χ0n) is 14.7. The molecule has 134 valence electrons. The summed E-state index contributed by atoms with van der Waals surface area (Å²) in [5, 5.41) is 3.08. The van der Waals surface area contributed by atoms with Crippen molar-refractivity contribution in [1.29, 1.82) is 0 Å². The van der Waals surface area contributed by atoms with E-state index in [4.69, 9.17) is 0 Å². The zero-order chi connectivity index (χ0) is 17.7. The van der Waals surface area contributed by atoms with Gasteiger partial charge in [-0.2, -0.15) is 0 Å². The van der Waals surface area contributed by atoms with Gasteiger partial charge in [-0.1, -0.05) is 26.7 Å². The van der Waals surface area contributed by atoms with Gasteiger partial charge >= 0.3 is 0 Å². The molecule has 1 amide bonds. The van der Waals surface area contributed by atoms with E-state index in [9.17, 15) is 13.2 Å². The maximum Gasteiger partial charge on any atom is 0.251 e. The fourth-order valence-electron chi connectivity index (χ4n) is 2.98. The van der Waals surface area contributed by atoms with E-state index in [1.807, 2.05) is 13.8 Å². The first-order valence-corrected chi connectivity index (χ1v) is 10.2.